The van der Waals surface area contributed by atoms with Gasteiger partial charge >= 0.3 is 5.69 Å². The second-order valence-electron chi connectivity index (χ2n) is 1.89. The van der Waals surface area contributed by atoms with Crippen LogP contribution in [0.1, 0.15) is 5.56 Å². The Morgan fingerprint density at radius 2 is 2.33 bits per heavy atom. The van der Waals surface area contributed by atoms with Crippen molar-refractivity contribution in [3.05, 3.63) is 33.9 Å². The highest BCUT2D eigenvalue weighted by molar-refractivity contribution is 5.46. The van der Waals surface area contributed by atoms with E-state index in [1.54, 1.807) is 0 Å². The van der Waals surface area contributed by atoms with Crippen LogP contribution in [-0.4, -0.2) is 9.91 Å². The van der Waals surface area contributed by atoms with Crippen molar-refractivity contribution in [1.82, 2.24) is 4.98 Å². The second-order valence-corrected chi connectivity index (χ2v) is 1.89. The zero-order chi connectivity index (χ0) is 9.14. The molecule has 0 aromatic carbocycles. The van der Waals surface area contributed by atoms with Gasteiger partial charge in [-0.05, 0) is 0 Å². The van der Waals surface area contributed by atoms with E-state index >= 15 is 0 Å². The molecule has 12 heavy (non-hydrogen) atoms. The fourth-order valence-corrected chi connectivity index (χ4v) is 0.696. The number of halogens is 1. The largest absolute Gasteiger partial charge is 0.325 e. The van der Waals surface area contributed by atoms with Gasteiger partial charge in [0.1, 0.15) is 6.07 Å². The van der Waals surface area contributed by atoms with Crippen LogP contribution in [0, 0.1) is 27.3 Å². The predicted octanol–water partition coefficient (Wildman–Crippen LogP) is 1.00. The lowest BCUT2D eigenvalue weighted by molar-refractivity contribution is -0.387. The van der Waals surface area contributed by atoms with Crippen LogP contribution in [0.4, 0.5) is 10.1 Å². The lowest BCUT2D eigenvalue weighted by Gasteiger charge is -1.93. The van der Waals surface area contributed by atoms with Crippen LogP contribution in [0.3, 0.4) is 0 Å². The van der Waals surface area contributed by atoms with Crippen molar-refractivity contribution >= 4 is 5.69 Å². The zero-order valence-electron chi connectivity index (χ0n) is 5.69. The third kappa shape index (κ3) is 1.20. The van der Waals surface area contributed by atoms with E-state index in [-0.39, 0.29) is 5.56 Å². The summed E-state index contributed by atoms with van der Waals surface area (Å²) in [5.74, 6) is -1.10. The molecule has 0 amide bonds. The van der Waals surface area contributed by atoms with E-state index in [1.165, 1.54) is 6.07 Å². The average molecular weight is 167 g/mol. The van der Waals surface area contributed by atoms with E-state index in [0.717, 1.165) is 6.20 Å². The number of hydrogen-bond acceptors (Lipinski definition) is 4. The van der Waals surface area contributed by atoms with Gasteiger partial charge < -0.3 is 0 Å². The molecule has 0 unspecified atom stereocenters. The molecular weight excluding hydrogens is 165 g/mol. The molecular formula is C6H2FN3O2. The van der Waals surface area contributed by atoms with Crippen LogP contribution in [0.2, 0.25) is 0 Å². The van der Waals surface area contributed by atoms with Gasteiger partial charge in [-0.3, -0.25) is 15.1 Å². The number of rotatable bonds is 1. The summed E-state index contributed by atoms with van der Waals surface area (Å²) in [6, 6.07) is 1.47. The van der Waals surface area contributed by atoms with Crippen LogP contribution < -0.4 is 0 Å². The third-order valence-electron chi connectivity index (χ3n) is 1.18. The highest BCUT2D eigenvalue weighted by Gasteiger charge is 2.19. The molecule has 0 bridgehead atoms. The number of hydrogen-bond donors (Lipinski definition) is 0. The Morgan fingerprint density at radius 3 is 2.75 bits per heavy atom. The van der Waals surface area contributed by atoms with Crippen LogP contribution in [0.5, 0.6) is 0 Å². The van der Waals surface area contributed by atoms with Gasteiger partial charge in [-0.15, -0.1) is 0 Å². The molecule has 60 valence electrons. The maximum atomic E-state index is 12.6. The van der Waals surface area contributed by atoms with E-state index in [9.17, 15) is 14.5 Å². The van der Waals surface area contributed by atoms with E-state index in [1.807, 2.05) is 0 Å². The first-order valence-corrected chi connectivity index (χ1v) is 2.85. The molecule has 0 saturated heterocycles. The summed E-state index contributed by atoms with van der Waals surface area (Å²) in [5, 5.41) is 18.5. The molecule has 0 aliphatic heterocycles. The van der Waals surface area contributed by atoms with Gasteiger partial charge in [0.25, 0.3) is 0 Å². The number of aromatic nitrogens is 1. The third-order valence-corrected chi connectivity index (χ3v) is 1.18. The summed E-state index contributed by atoms with van der Waals surface area (Å²) >= 11 is 0. The number of nitro groups is 1. The van der Waals surface area contributed by atoms with Gasteiger partial charge in [0.2, 0.25) is 5.82 Å². The van der Waals surface area contributed by atoms with Crippen molar-refractivity contribution < 1.29 is 9.31 Å². The molecule has 0 saturated carbocycles. The Morgan fingerprint density at radius 1 is 1.67 bits per heavy atom. The Labute approximate surface area is 66.2 Å². The highest BCUT2D eigenvalue weighted by atomic mass is 19.1. The maximum absolute atomic E-state index is 12.6. The lowest BCUT2D eigenvalue weighted by atomic mass is 10.2. The lowest BCUT2D eigenvalue weighted by Crippen LogP contribution is -1.96. The average Bonchev–Trinajstić information content (AvgIpc) is 2.03. The molecule has 0 aliphatic carbocycles. The summed E-state index contributed by atoms with van der Waals surface area (Å²) in [7, 11) is 0. The second kappa shape index (κ2) is 2.92. The summed E-state index contributed by atoms with van der Waals surface area (Å²) < 4.78 is 12.6. The van der Waals surface area contributed by atoms with Crippen molar-refractivity contribution in [1.29, 1.82) is 5.26 Å². The van der Waals surface area contributed by atoms with Crippen LogP contribution >= 0.6 is 0 Å². The Hall–Kier alpha value is -2.03. The topological polar surface area (TPSA) is 79.8 Å². The van der Waals surface area contributed by atoms with E-state index in [0.29, 0.717) is 6.20 Å². The Kier molecular flexibility index (Phi) is 1.96. The monoisotopic (exact) mass is 167 g/mol. The Balaban J connectivity index is 3.42. The van der Waals surface area contributed by atoms with Gasteiger partial charge in [-0.1, -0.05) is 0 Å². The fourth-order valence-electron chi connectivity index (χ4n) is 0.696. The molecule has 0 fully saturated rings. The van der Waals surface area contributed by atoms with Crippen molar-refractivity contribution in [2.75, 3.05) is 0 Å². The molecule has 5 nitrogen and oxygen atoms in total. The molecule has 1 aromatic heterocycles. The van der Waals surface area contributed by atoms with Gasteiger partial charge in [0.15, 0.2) is 5.56 Å². The predicted molar refractivity (Wildman–Crippen MR) is 35.6 cm³/mol. The SMILES string of the molecule is N#Cc1cncc(F)c1[N+](=O)[O-]. The van der Waals surface area contributed by atoms with Crippen LogP contribution in [0.15, 0.2) is 12.4 Å². The van der Waals surface area contributed by atoms with Crippen LogP contribution in [0.25, 0.3) is 0 Å². The van der Waals surface area contributed by atoms with E-state index < -0.39 is 16.4 Å². The maximum Gasteiger partial charge on any atom is 0.325 e. The molecule has 1 rings (SSSR count). The Bertz CT molecular complexity index is 372. The molecule has 0 radical (unpaired) electrons. The molecule has 0 atom stereocenters. The fraction of sp³-hybridized carbons (Fsp3) is 0. The van der Waals surface area contributed by atoms with Gasteiger partial charge in [-0.2, -0.15) is 9.65 Å². The summed E-state index contributed by atoms with van der Waals surface area (Å²) in [4.78, 5) is 12.5. The normalized spacial score (nSPS) is 9.00. The minimum Gasteiger partial charge on any atom is -0.260 e. The summed E-state index contributed by atoms with van der Waals surface area (Å²) in [6.07, 6.45) is 1.64. The first-order chi connectivity index (χ1) is 5.66. The van der Waals surface area contributed by atoms with Crippen LogP contribution in [-0.2, 0) is 0 Å². The van der Waals surface area contributed by atoms with Crippen molar-refractivity contribution in [2.45, 2.75) is 0 Å². The van der Waals surface area contributed by atoms with Crippen molar-refractivity contribution in [3.63, 3.8) is 0 Å². The number of pyridine rings is 1. The molecule has 0 aliphatic rings. The molecule has 0 spiro atoms. The van der Waals surface area contributed by atoms with E-state index in [4.69, 9.17) is 5.26 Å². The van der Waals surface area contributed by atoms with Gasteiger partial charge in [-0.25, -0.2) is 0 Å². The van der Waals surface area contributed by atoms with Crippen molar-refractivity contribution in [2.24, 2.45) is 0 Å². The minimum absolute atomic E-state index is 0.375. The molecule has 1 heterocycles. The molecule has 6 heteroatoms. The van der Waals surface area contributed by atoms with Gasteiger partial charge in [0, 0.05) is 0 Å². The molecule has 0 N–H and O–H groups in total. The highest BCUT2D eigenvalue weighted by Crippen LogP contribution is 2.19. The van der Waals surface area contributed by atoms with E-state index in [2.05, 4.69) is 4.98 Å². The summed E-state index contributed by atoms with van der Waals surface area (Å²) in [5.41, 5.74) is -1.20. The number of nitriles is 1. The smallest absolute Gasteiger partial charge is 0.260 e. The first-order valence-electron chi connectivity index (χ1n) is 2.85. The van der Waals surface area contributed by atoms with Crippen molar-refractivity contribution in [3.8, 4) is 6.07 Å². The standard InChI is InChI=1S/C6H2FN3O2/c7-5-3-9-2-4(1-8)6(5)10(11)12/h2-3H. The summed E-state index contributed by atoms with van der Waals surface area (Å²) in [6.45, 7) is 0. The number of nitrogens with zero attached hydrogens (tertiary/aromatic N) is 3. The minimum atomic E-state index is -1.10. The zero-order valence-corrected chi connectivity index (χ0v) is 5.69. The molecule has 1 aromatic rings. The van der Waals surface area contributed by atoms with Gasteiger partial charge in [0.05, 0.1) is 17.3 Å². The quantitative estimate of drug-likeness (QED) is 0.461. The first kappa shape index (κ1) is 8.07.